The summed E-state index contributed by atoms with van der Waals surface area (Å²) < 4.78 is 12.2. The van der Waals surface area contributed by atoms with Crippen molar-refractivity contribution in [3.05, 3.63) is 60.7 Å². The van der Waals surface area contributed by atoms with Gasteiger partial charge in [-0.15, -0.1) is 0 Å². The number of ether oxygens (including phenoxy) is 1. The zero-order chi connectivity index (χ0) is 19.5. The van der Waals surface area contributed by atoms with Crippen molar-refractivity contribution in [2.75, 3.05) is 6.61 Å². The van der Waals surface area contributed by atoms with Gasteiger partial charge in [0.1, 0.15) is 0 Å². The van der Waals surface area contributed by atoms with Crippen LogP contribution in [-0.2, 0) is 14.0 Å². The van der Waals surface area contributed by atoms with Gasteiger partial charge in [0.2, 0.25) is 0 Å². The van der Waals surface area contributed by atoms with Crippen LogP contribution in [0.15, 0.2) is 60.7 Å². The van der Waals surface area contributed by atoms with Gasteiger partial charge in [0, 0.05) is 6.10 Å². The molecule has 0 saturated heterocycles. The Morgan fingerprint density at radius 1 is 0.963 bits per heavy atom. The lowest BCUT2D eigenvalue weighted by atomic mass is 9.83. The highest BCUT2D eigenvalue weighted by Gasteiger charge is 2.53. The number of benzene rings is 2. The maximum Gasteiger partial charge on any atom is 0.309 e. The summed E-state index contributed by atoms with van der Waals surface area (Å²) in [6.07, 6.45) is 1.61. The molecular formula is C23H30O3Si. The Bertz CT molecular complexity index is 707. The summed E-state index contributed by atoms with van der Waals surface area (Å²) in [6.45, 7) is 9.13. The van der Waals surface area contributed by atoms with Crippen LogP contribution in [0.5, 0.6) is 0 Å². The Balaban J connectivity index is 1.95. The Morgan fingerprint density at radius 3 is 1.85 bits per heavy atom. The molecule has 0 heterocycles. The minimum Gasteiger partial charge on any atom is -0.466 e. The Kier molecular flexibility index (Phi) is 5.87. The first kappa shape index (κ1) is 19.8. The van der Waals surface area contributed by atoms with Crippen molar-refractivity contribution in [1.82, 2.24) is 0 Å². The minimum absolute atomic E-state index is 0.0202. The van der Waals surface area contributed by atoms with Gasteiger partial charge in [0.15, 0.2) is 0 Å². The van der Waals surface area contributed by atoms with E-state index in [-0.39, 0.29) is 23.0 Å². The van der Waals surface area contributed by atoms with Crippen molar-refractivity contribution in [2.24, 2.45) is 5.92 Å². The highest BCUT2D eigenvalue weighted by atomic mass is 28.4. The summed E-state index contributed by atoms with van der Waals surface area (Å²) in [6, 6.07) is 21.3. The van der Waals surface area contributed by atoms with E-state index in [0.717, 1.165) is 12.8 Å². The number of rotatable bonds is 6. The summed E-state index contributed by atoms with van der Waals surface area (Å²) in [7, 11) is -2.52. The number of hydrogen-bond acceptors (Lipinski definition) is 3. The zero-order valence-corrected chi connectivity index (χ0v) is 17.8. The maximum atomic E-state index is 12.0. The fraction of sp³-hybridized carbons (Fsp3) is 0.435. The molecule has 1 aliphatic carbocycles. The predicted molar refractivity (Wildman–Crippen MR) is 112 cm³/mol. The van der Waals surface area contributed by atoms with Crippen molar-refractivity contribution in [3.63, 3.8) is 0 Å². The van der Waals surface area contributed by atoms with Crippen molar-refractivity contribution >= 4 is 24.7 Å². The van der Waals surface area contributed by atoms with Crippen LogP contribution in [0.1, 0.15) is 40.5 Å². The van der Waals surface area contributed by atoms with Crippen LogP contribution in [0.2, 0.25) is 5.04 Å². The summed E-state index contributed by atoms with van der Waals surface area (Å²) in [5.41, 5.74) is 0. The quantitative estimate of drug-likeness (QED) is 0.561. The van der Waals surface area contributed by atoms with E-state index in [4.69, 9.17) is 9.16 Å². The lowest BCUT2D eigenvalue weighted by Crippen LogP contribution is -2.68. The van der Waals surface area contributed by atoms with E-state index < -0.39 is 8.32 Å². The molecule has 0 aliphatic heterocycles. The van der Waals surface area contributed by atoms with E-state index in [1.807, 2.05) is 6.92 Å². The molecular weight excluding hydrogens is 352 g/mol. The first-order chi connectivity index (χ1) is 12.9. The molecule has 0 amide bonds. The number of esters is 1. The third-order valence-corrected chi connectivity index (χ3v) is 10.6. The highest BCUT2D eigenvalue weighted by molar-refractivity contribution is 6.99. The van der Waals surface area contributed by atoms with Gasteiger partial charge in [-0.25, -0.2) is 0 Å². The second-order valence-electron chi connectivity index (χ2n) is 8.32. The number of hydrogen-bond donors (Lipinski definition) is 0. The third-order valence-electron chi connectivity index (χ3n) is 5.48. The van der Waals surface area contributed by atoms with Crippen molar-refractivity contribution in [1.29, 1.82) is 0 Å². The number of carbonyl (C=O) groups is 1. The first-order valence-electron chi connectivity index (χ1n) is 9.84. The largest absolute Gasteiger partial charge is 0.466 e. The minimum atomic E-state index is -2.52. The molecule has 0 N–H and O–H groups in total. The van der Waals surface area contributed by atoms with Gasteiger partial charge >= 0.3 is 5.97 Å². The molecule has 0 spiro atoms. The van der Waals surface area contributed by atoms with Gasteiger partial charge in [-0.1, -0.05) is 81.4 Å². The van der Waals surface area contributed by atoms with Crippen molar-refractivity contribution in [2.45, 2.75) is 51.7 Å². The highest BCUT2D eigenvalue weighted by Crippen LogP contribution is 2.41. The third kappa shape index (κ3) is 3.87. The topological polar surface area (TPSA) is 35.5 Å². The summed E-state index contributed by atoms with van der Waals surface area (Å²) in [5.74, 6) is -0.104. The second kappa shape index (κ2) is 7.99. The monoisotopic (exact) mass is 382 g/mol. The van der Waals surface area contributed by atoms with Gasteiger partial charge in [-0.05, 0) is 35.2 Å². The van der Waals surface area contributed by atoms with Crippen molar-refractivity contribution < 1.29 is 14.0 Å². The molecule has 4 heteroatoms. The summed E-state index contributed by atoms with van der Waals surface area (Å²) in [5, 5.41) is 2.52. The van der Waals surface area contributed by atoms with E-state index >= 15 is 0 Å². The van der Waals surface area contributed by atoms with E-state index in [0.29, 0.717) is 6.61 Å². The number of carbonyl (C=O) groups excluding carboxylic acids is 1. The fourth-order valence-corrected chi connectivity index (χ4v) is 8.76. The van der Waals surface area contributed by atoms with Gasteiger partial charge in [0.25, 0.3) is 8.32 Å². The van der Waals surface area contributed by atoms with Gasteiger partial charge in [-0.2, -0.15) is 0 Å². The van der Waals surface area contributed by atoms with Crippen LogP contribution in [0.4, 0.5) is 0 Å². The molecule has 3 rings (SSSR count). The molecule has 27 heavy (non-hydrogen) atoms. The second-order valence-corrected chi connectivity index (χ2v) is 12.6. The molecule has 0 radical (unpaired) electrons. The molecule has 144 valence electrons. The molecule has 0 bridgehead atoms. The van der Waals surface area contributed by atoms with Crippen LogP contribution in [0.3, 0.4) is 0 Å². The Morgan fingerprint density at radius 2 is 1.44 bits per heavy atom. The van der Waals surface area contributed by atoms with Crippen LogP contribution in [-0.4, -0.2) is 27.0 Å². The maximum absolute atomic E-state index is 12.0. The van der Waals surface area contributed by atoms with Crippen molar-refractivity contribution in [3.8, 4) is 0 Å². The van der Waals surface area contributed by atoms with Gasteiger partial charge in [0.05, 0.1) is 12.5 Å². The average molecular weight is 383 g/mol. The normalized spacial score (nSPS) is 20.0. The molecule has 2 aromatic carbocycles. The van der Waals surface area contributed by atoms with E-state index in [9.17, 15) is 4.79 Å². The summed E-state index contributed by atoms with van der Waals surface area (Å²) in [4.78, 5) is 12.0. The van der Waals surface area contributed by atoms with E-state index in [1.54, 1.807) is 0 Å². The van der Waals surface area contributed by atoms with Crippen LogP contribution in [0.25, 0.3) is 0 Å². The van der Waals surface area contributed by atoms with E-state index in [1.165, 1.54) is 10.4 Å². The average Bonchev–Trinajstić information content (AvgIpc) is 2.61. The van der Waals surface area contributed by atoms with Crippen LogP contribution >= 0.6 is 0 Å². The molecule has 2 aromatic rings. The first-order valence-corrected chi connectivity index (χ1v) is 11.7. The molecule has 0 atom stereocenters. The molecule has 1 saturated carbocycles. The molecule has 0 unspecified atom stereocenters. The molecule has 1 fully saturated rings. The SMILES string of the molecule is CCOC(=O)[C@H]1C[C@@H](O[Si](c2ccccc2)(c2ccccc2)C(C)(C)C)C1. The summed E-state index contributed by atoms with van der Waals surface area (Å²) >= 11 is 0. The molecule has 3 nitrogen and oxygen atoms in total. The lowest BCUT2D eigenvalue weighted by molar-refractivity contribution is -0.154. The predicted octanol–water partition coefficient (Wildman–Crippen LogP) is 3.90. The Labute approximate surface area is 163 Å². The Hall–Kier alpha value is -1.91. The lowest BCUT2D eigenvalue weighted by Gasteiger charge is -2.48. The van der Waals surface area contributed by atoms with Gasteiger partial charge in [-0.3, -0.25) is 4.79 Å². The van der Waals surface area contributed by atoms with Crippen LogP contribution < -0.4 is 10.4 Å². The fourth-order valence-electron chi connectivity index (χ4n) is 4.06. The van der Waals surface area contributed by atoms with Gasteiger partial charge < -0.3 is 9.16 Å². The standard InChI is InChI=1S/C23H30O3Si/c1-5-25-22(24)18-16-19(17-18)26-27(23(2,3)4,20-12-8-6-9-13-20)21-14-10-7-11-15-21/h6-15,18-19H,5,16-17H2,1-4H3/t18-,19+. The smallest absolute Gasteiger partial charge is 0.309 e. The zero-order valence-electron chi connectivity index (χ0n) is 16.8. The van der Waals surface area contributed by atoms with E-state index in [2.05, 4.69) is 81.4 Å². The molecule has 1 aliphatic rings. The molecule has 0 aromatic heterocycles. The van der Waals surface area contributed by atoms with Crippen LogP contribution in [0, 0.1) is 5.92 Å².